The summed E-state index contributed by atoms with van der Waals surface area (Å²) in [5, 5.41) is 9.92. The lowest BCUT2D eigenvalue weighted by Gasteiger charge is -2.18. The van der Waals surface area contributed by atoms with Crippen LogP contribution in [-0.2, 0) is 6.42 Å². The molecular formula is C13H19NO. The molecule has 2 atom stereocenters. The van der Waals surface area contributed by atoms with Crippen LogP contribution in [0.3, 0.4) is 0 Å². The van der Waals surface area contributed by atoms with Gasteiger partial charge in [0.15, 0.2) is 0 Å². The molecule has 1 aliphatic carbocycles. The molecule has 0 saturated heterocycles. The van der Waals surface area contributed by atoms with E-state index in [1.807, 2.05) is 30.3 Å². The summed E-state index contributed by atoms with van der Waals surface area (Å²) in [4.78, 5) is 0. The van der Waals surface area contributed by atoms with E-state index < -0.39 is 6.10 Å². The van der Waals surface area contributed by atoms with E-state index in [9.17, 15) is 5.11 Å². The third-order valence-corrected chi connectivity index (χ3v) is 3.08. The first-order chi connectivity index (χ1) is 7.25. The van der Waals surface area contributed by atoms with Crippen molar-refractivity contribution < 1.29 is 5.11 Å². The van der Waals surface area contributed by atoms with E-state index >= 15 is 0 Å². The summed E-state index contributed by atoms with van der Waals surface area (Å²) in [6.07, 6.45) is 3.85. The van der Waals surface area contributed by atoms with Gasteiger partial charge in [0.25, 0.3) is 0 Å². The second-order valence-corrected chi connectivity index (χ2v) is 4.60. The molecule has 0 aliphatic heterocycles. The van der Waals surface area contributed by atoms with Gasteiger partial charge in [0.05, 0.1) is 6.10 Å². The first kappa shape index (κ1) is 10.7. The van der Waals surface area contributed by atoms with Gasteiger partial charge in [0, 0.05) is 6.04 Å². The van der Waals surface area contributed by atoms with Crippen molar-refractivity contribution in [3.05, 3.63) is 35.9 Å². The van der Waals surface area contributed by atoms with Crippen LogP contribution in [0.5, 0.6) is 0 Å². The van der Waals surface area contributed by atoms with Crippen molar-refractivity contribution in [2.45, 2.75) is 37.8 Å². The highest BCUT2D eigenvalue weighted by atomic mass is 16.3. The van der Waals surface area contributed by atoms with Crippen LogP contribution in [0.4, 0.5) is 0 Å². The molecule has 2 unspecified atom stereocenters. The van der Waals surface area contributed by atoms with E-state index in [4.69, 9.17) is 5.73 Å². The molecule has 1 saturated carbocycles. The molecular weight excluding hydrogens is 186 g/mol. The Kier molecular flexibility index (Phi) is 3.39. The smallest absolute Gasteiger partial charge is 0.0731 e. The monoisotopic (exact) mass is 205 g/mol. The number of hydrogen-bond acceptors (Lipinski definition) is 2. The highest BCUT2D eigenvalue weighted by Crippen LogP contribution is 2.33. The molecule has 1 aliphatic rings. The molecule has 0 heterocycles. The van der Waals surface area contributed by atoms with Crippen molar-refractivity contribution >= 4 is 0 Å². The zero-order valence-corrected chi connectivity index (χ0v) is 8.97. The zero-order chi connectivity index (χ0) is 10.7. The lowest BCUT2D eigenvalue weighted by atomic mass is 9.99. The van der Waals surface area contributed by atoms with E-state index in [1.165, 1.54) is 12.8 Å². The summed E-state index contributed by atoms with van der Waals surface area (Å²) in [5.74, 6) is 0.783. The van der Waals surface area contributed by atoms with Crippen LogP contribution in [0, 0.1) is 5.92 Å². The Morgan fingerprint density at radius 1 is 1.27 bits per heavy atom. The maximum absolute atomic E-state index is 9.92. The highest BCUT2D eigenvalue weighted by Gasteiger charge is 2.26. The zero-order valence-electron chi connectivity index (χ0n) is 8.97. The van der Waals surface area contributed by atoms with Gasteiger partial charge in [0.2, 0.25) is 0 Å². The summed E-state index contributed by atoms with van der Waals surface area (Å²) in [5.41, 5.74) is 7.12. The Balaban J connectivity index is 1.82. The van der Waals surface area contributed by atoms with E-state index in [0.29, 0.717) is 6.42 Å². The molecule has 0 bridgehead atoms. The van der Waals surface area contributed by atoms with Gasteiger partial charge >= 0.3 is 0 Å². The number of nitrogens with two attached hydrogens (primary N) is 1. The Labute approximate surface area is 91.1 Å². The molecule has 2 heteroatoms. The van der Waals surface area contributed by atoms with Gasteiger partial charge in [-0.3, -0.25) is 0 Å². The van der Waals surface area contributed by atoms with Crippen molar-refractivity contribution in [3.8, 4) is 0 Å². The summed E-state index contributed by atoms with van der Waals surface area (Å²) in [6.45, 7) is 0. The van der Waals surface area contributed by atoms with Crippen LogP contribution in [0.1, 0.15) is 24.8 Å². The molecule has 0 spiro atoms. The maximum atomic E-state index is 9.92. The maximum Gasteiger partial charge on any atom is 0.0731 e. The second kappa shape index (κ2) is 4.77. The molecule has 1 aromatic carbocycles. The van der Waals surface area contributed by atoms with Gasteiger partial charge in [-0.2, -0.15) is 0 Å². The second-order valence-electron chi connectivity index (χ2n) is 4.60. The van der Waals surface area contributed by atoms with Crippen LogP contribution in [-0.4, -0.2) is 17.3 Å². The fourth-order valence-corrected chi connectivity index (χ4v) is 1.90. The molecule has 0 radical (unpaired) electrons. The third-order valence-electron chi connectivity index (χ3n) is 3.08. The van der Waals surface area contributed by atoms with Crippen LogP contribution in [0.25, 0.3) is 0 Å². The lowest BCUT2D eigenvalue weighted by Crippen LogP contribution is -2.36. The Morgan fingerprint density at radius 3 is 2.53 bits per heavy atom. The van der Waals surface area contributed by atoms with Crippen molar-refractivity contribution in [2.24, 2.45) is 11.7 Å². The Bertz CT molecular complexity index is 295. The Morgan fingerprint density at radius 2 is 1.93 bits per heavy atom. The predicted molar refractivity (Wildman–Crippen MR) is 61.5 cm³/mol. The van der Waals surface area contributed by atoms with Crippen molar-refractivity contribution in [2.75, 3.05) is 0 Å². The molecule has 82 valence electrons. The predicted octanol–water partition coefficient (Wildman–Crippen LogP) is 1.72. The molecule has 0 aromatic heterocycles. The summed E-state index contributed by atoms with van der Waals surface area (Å²) < 4.78 is 0. The first-order valence-corrected chi connectivity index (χ1v) is 5.73. The van der Waals surface area contributed by atoms with E-state index in [-0.39, 0.29) is 6.04 Å². The Hall–Kier alpha value is -0.860. The minimum absolute atomic E-state index is 0.0577. The van der Waals surface area contributed by atoms with Gasteiger partial charge in [-0.05, 0) is 24.3 Å². The highest BCUT2D eigenvalue weighted by molar-refractivity contribution is 5.15. The average molecular weight is 205 g/mol. The van der Waals surface area contributed by atoms with Gasteiger partial charge in [0.1, 0.15) is 0 Å². The van der Waals surface area contributed by atoms with Crippen LogP contribution in [0.15, 0.2) is 30.3 Å². The van der Waals surface area contributed by atoms with Crippen LogP contribution < -0.4 is 5.73 Å². The van der Waals surface area contributed by atoms with E-state index in [1.54, 1.807) is 0 Å². The largest absolute Gasteiger partial charge is 0.391 e. The standard InChI is InChI=1S/C13H19NO/c14-12(8-11-6-7-11)13(15)9-10-4-2-1-3-5-10/h1-5,11-13,15H,6-9,14H2. The molecule has 3 N–H and O–H groups in total. The average Bonchev–Trinajstić information content (AvgIpc) is 3.03. The van der Waals surface area contributed by atoms with Gasteiger partial charge < -0.3 is 10.8 Å². The number of aliphatic hydroxyl groups excluding tert-OH is 1. The fraction of sp³-hybridized carbons (Fsp3) is 0.538. The quantitative estimate of drug-likeness (QED) is 0.768. The SMILES string of the molecule is NC(CC1CC1)C(O)Cc1ccccc1. The lowest BCUT2D eigenvalue weighted by molar-refractivity contribution is 0.138. The third kappa shape index (κ3) is 3.33. The molecule has 0 amide bonds. The van der Waals surface area contributed by atoms with E-state index in [0.717, 1.165) is 17.9 Å². The van der Waals surface area contributed by atoms with Gasteiger partial charge in [-0.1, -0.05) is 43.2 Å². The van der Waals surface area contributed by atoms with E-state index in [2.05, 4.69) is 0 Å². The fourth-order valence-electron chi connectivity index (χ4n) is 1.90. The molecule has 2 nitrogen and oxygen atoms in total. The van der Waals surface area contributed by atoms with Crippen LogP contribution in [0.2, 0.25) is 0 Å². The number of rotatable bonds is 5. The normalized spacial score (nSPS) is 19.9. The van der Waals surface area contributed by atoms with Gasteiger partial charge in [-0.15, -0.1) is 0 Å². The van der Waals surface area contributed by atoms with Crippen molar-refractivity contribution in [1.29, 1.82) is 0 Å². The topological polar surface area (TPSA) is 46.2 Å². The molecule has 2 rings (SSSR count). The molecule has 1 aromatic rings. The number of hydrogen-bond donors (Lipinski definition) is 2. The van der Waals surface area contributed by atoms with Gasteiger partial charge in [-0.25, -0.2) is 0 Å². The molecule has 1 fully saturated rings. The molecule has 15 heavy (non-hydrogen) atoms. The summed E-state index contributed by atoms with van der Waals surface area (Å²) in [6, 6.07) is 9.99. The van der Waals surface area contributed by atoms with Crippen molar-refractivity contribution in [3.63, 3.8) is 0 Å². The van der Waals surface area contributed by atoms with Crippen molar-refractivity contribution in [1.82, 2.24) is 0 Å². The first-order valence-electron chi connectivity index (χ1n) is 5.73. The summed E-state index contributed by atoms with van der Waals surface area (Å²) >= 11 is 0. The summed E-state index contributed by atoms with van der Waals surface area (Å²) in [7, 11) is 0. The van der Waals surface area contributed by atoms with Crippen LogP contribution >= 0.6 is 0 Å². The minimum atomic E-state index is -0.395. The number of aliphatic hydroxyl groups is 1. The minimum Gasteiger partial charge on any atom is -0.391 e. The number of benzene rings is 1.